The van der Waals surface area contributed by atoms with Gasteiger partial charge in [-0.05, 0) is 62.3 Å². The van der Waals surface area contributed by atoms with Crippen molar-refractivity contribution in [2.75, 3.05) is 6.54 Å². The first kappa shape index (κ1) is 12.4. The summed E-state index contributed by atoms with van der Waals surface area (Å²) in [5, 5.41) is 9.64. The van der Waals surface area contributed by atoms with Gasteiger partial charge in [0.05, 0.1) is 6.10 Å². The fourth-order valence-corrected chi connectivity index (χ4v) is 3.83. The van der Waals surface area contributed by atoms with E-state index in [0.29, 0.717) is 5.41 Å². The fourth-order valence-electron chi connectivity index (χ4n) is 3.83. The molecule has 2 aliphatic carbocycles. The highest BCUT2D eigenvalue weighted by Gasteiger charge is 2.41. The molecule has 0 aromatic carbocycles. The standard InChI is InChI=1S/C14H27NO/c1-11-2-4-12(5-3-11)14(10-15)8-6-13(16)7-9-14/h11-13,16H,2-10,15H2,1H3. The quantitative estimate of drug-likeness (QED) is 0.759. The van der Waals surface area contributed by atoms with Crippen LogP contribution in [0.4, 0.5) is 0 Å². The molecule has 0 atom stereocenters. The molecule has 0 aromatic heterocycles. The Kier molecular flexibility index (Phi) is 3.91. The van der Waals surface area contributed by atoms with Gasteiger partial charge >= 0.3 is 0 Å². The van der Waals surface area contributed by atoms with Crippen molar-refractivity contribution in [3.05, 3.63) is 0 Å². The number of aliphatic hydroxyl groups excluding tert-OH is 1. The fraction of sp³-hybridized carbons (Fsp3) is 1.00. The third-order valence-corrected chi connectivity index (χ3v) is 5.24. The van der Waals surface area contributed by atoms with E-state index in [9.17, 15) is 5.11 Å². The molecule has 2 aliphatic rings. The van der Waals surface area contributed by atoms with E-state index in [2.05, 4.69) is 6.92 Å². The van der Waals surface area contributed by atoms with Crippen molar-refractivity contribution >= 4 is 0 Å². The molecular formula is C14H27NO. The maximum absolute atomic E-state index is 9.64. The summed E-state index contributed by atoms with van der Waals surface area (Å²) in [7, 11) is 0. The monoisotopic (exact) mass is 225 g/mol. The molecule has 0 unspecified atom stereocenters. The molecule has 2 rings (SSSR count). The van der Waals surface area contributed by atoms with Crippen LogP contribution < -0.4 is 5.73 Å². The summed E-state index contributed by atoms with van der Waals surface area (Å²) in [4.78, 5) is 0. The van der Waals surface area contributed by atoms with E-state index in [1.807, 2.05) is 0 Å². The number of aliphatic hydroxyl groups is 1. The Balaban J connectivity index is 1.98. The summed E-state index contributed by atoms with van der Waals surface area (Å²) in [6.45, 7) is 3.20. The van der Waals surface area contributed by atoms with Crippen molar-refractivity contribution in [3.8, 4) is 0 Å². The summed E-state index contributed by atoms with van der Waals surface area (Å²) >= 11 is 0. The second kappa shape index (κ2) is 5.05. The minimum Gasteiger partial charge on any atom is -0.393 e. The topological polar surface area (TPSA) is 46.2 Å². The van der Waals surface area contributed by atoms with Crippen LogP contribution in [-0.4, -0.2) is 17.8 Å². The van der Waals surface area contributed by atoms with Crippen LogP contribution >= 0.6 is 0 Å². The molecule has 0 amide bonds. The molecule has 0 aliphatic heterocycles. The lowest BCUT2D eigenvalue weighted by atomic mass is 9.60. The lowest BCUT2D eigenvalue weighted by Crippen LogP contribution is -2.43. The molecule has 2 saturated carbocycles. The van der Waals surface area contributed by atoms with Crippen LogP contribution in [0.5, 0.6) is 0 Å². The van der Waals surface area contributed by atoms with Crippen LogP contribution in [0.3, 0.4) is 0 Å². The highest BCUT2D eigenvalue weighted by molar-refractivity contribution is 4.93. The summed E-state index contributed by atoms with van der Waals surface area (Å²) < 4.78 is 0. The summed E-state index contributed by atoms with van der Waals surface area (Å²) in [6.07, 6.45) is 9.72. The van der Waals surface area contributed by atoms with E-state index in [4.69, 9.17) is 5.73 Å². The first-order chi connectivity index (χ1) is 7.66. The maximum atomic E-state index is 9.64. The minimum atomic E-state index is -0.0535. The van der Waals surface area contributed by atoms with E-state index in [-0.39, 0.29) is 6.10 Å². The summed E-state index contributed by atoms with van der Waals surface area (Å²) in [6, 6.07) is 0. The van der Waals surface area contributed by atoms with Crippen molar-refractivity contribution in [1.29, 1.82) is 0 Å². The normalized spacial score (nSPS) is 45.6. The Labute approximate surface area is 99.6 Å². The van der Waals surface area contributed by atoms with Gasteiger partial charge in [-0.3, -0.25) is 0 Å². The van der Waals surface area contributed by atoms with Gasteiger partial charge in [0.1, 0.15) is 0 Å². The molecule has 94 valence electrons. The van der Waals surface area contributed by atoms with Gasteiger partial charge in [-0.25, -0.2) is 0 Å². The smallest absolute Gasteiger partial charge is 0.0540 e. The Morgan fingerprint density at radius 2 is 1.62 bits per heavy atom. The average Bonchev–Trinajstić information content (AvgIpc) is 2.32. The van der Waals surface area contributed by atoms with Gasteiger partial charge in [-0.1, -0.05) is 19.8 Å². The largest absolute Gasteiger partial charge is 0.393 e. The third-order valence-electron chi connectivity index (χ3n) is 5.24. The van der Waals surface area contributed by atoms with Crippen LogP contribution in [0.15, 0.2) is 0 Å². The van der Waals surface area contributed by atoms with Crippen molar-refractivity contribution in [2.45, 2.75) is 64.4 Å². The molecule has 16 heavy (non-hydrogen) atoms. The highest BCUT2D eigenvalue weighted by atomic mass is 16.3. The first-order valence-corrected chi connectivity index (χ1v) is 7.04. The number of hydrogen-bond acceptors (Lipinski definition) is 2. The second-order valence-electron chi connectivity index (χ2n) is 6.25. The van der Waals surface area contributed by atoms with Crippen LogP contribution in [0.25, 0.3) is 0 Å². The minimum absolute atomic E-state index is 0.0535. The van der Waals surface area contributed by atoms with Crippen LogP contribution in [0.1, 0.15) is 58.3 Å². The molecule has 3 N–H and O–H groups in total. The second-order valence-corrected chi connectivity index (χ2v) is 6.25. The van der Waals surface area contributed by atoms with Crippen LogP contribution in [0, 0.1) is 17.3 Å². The molecule has 2 nitrogen and oxygen atoms in total. The van der Waals surface area contributed by atoms with Crippen LogP contribution in [0.2, 0.25) is 0 Å². The molecular weight excluding hydrogens is 198 g/mol. The van der Waals surface area contributed by atoms with Crippen molar-refractivity contribution in [1.82, 2.24) is 0 Å². The molecule has 0 saturated heterocycles. The molecule has 2 fully saturated rings. The molecule has 0 bridgehead atoms. The lowest BCUT2D eigenvalue weighted by molar-refractivity contribution is 0.0123. The first-order valence-electron chi connectivity index (χ1n) is 7.04. The molecule has 0 spiro atoms. The Bertz CT molecular complexity index is 213. The van der Waals surface area contributed by atoms with Crippen molar-refractivity contribution in [2.24, 2.45) is 23.0 Å². The van der Waals surface area contributed by atoms with E-state index in [1.54, 1.807) is 0 Å². The van der Waals surface area contributed by atoms with Gasteiger partial charge in [-0.2, -0.15) is 0 Å². The predicted octanol–water partition coefficient (Wildman–Crippen LogP) is 2.69. The summed E-state index contributed by atoms with van der Waals surface area (Å²) in [5.41, 5.74) is 6.44. The van der Waals surface area contributed by atoms with Gasteiger partial charge in [0.2, 0.25) is 0 Å². The zero-order valence-corrected chi connectivity index (χ0v) is 10.6. The Hall–Kier alpha value is -0.0800. The van der Waals surface area contributed by atoms with E-state index in [1.165, 1.54) is 25.7 Å². The third kappa shape index (κ3) is 2.43. The van der Waals surface area contributed by atoms with Crippen molar-refractivity contribution < 1.29 is 5.11 Å². The Morgan fingerprint density at radius 3 is 2.12 bits per heavy atom. The Morgan fingerprint density at radius 1 is 1.06 bits per heavy atom. The zero-order chi connectivity index (χ0) is 11.6. The molecule has 2 heteroatoms. The maximum Gasteiger partial charge on any atom is 0.0540 e. The van der Waals surface area contributed by atoms with E-state index < -0.39 is 0 Å². The van der Waals surface area contributed by atoms with Gasteiger partial charge in [0.25, 0.3) is 0 Å². The average molecular weight is 225 g/mol. The van der Waals surface area contributed by atoms with Gasteiger partial charge in [-0.15, -0.1) is 0 Å². The van der Waals surface area contributed by atoms with Crippen molar-refractivity contribution in [3.63, 3.8) is 0 Å². The number of nitrogens with two attached hydrogens (primary N) is 1. The summed E-state index contributed by atoms with van der Waals surface area (Å²) in [5.74, 6) is 1.75. The van der Waals surface area contributed by atoms with Gasteiger partial charge < -0.3 is 10.8 Å². The molecule has 0 radical (unpaired) electrons. The van der Waals surface area contributed by atoms with Gasteiger partial charge in [0, 0.05) is 0 Å². The number of hydrogen-bond donors (Lipinski definition) is 2. The lowest BCUT2D eigenvalue weighted by Gasteiger charge is -2.46. The highest BCUT2D eigenvalue weighted by Crippen LogP contribution is 2.48. The molecule has 0 heterocycles. The van der Waals surface area contributed by atoms with E-state index in [0.717, 1.165) is 44.1 Å². The molecule has 0 aromatic rings. The van der Waals surface area contributed by atoms with Crippen LogP contribution in [-0.2, 0) is 0 Å². The number of rotatable bonds is 2. The zero-order valence-electron chi connectivity index (χ0n) is 10.6. The predicted molar refractivity (Wildman–Crippen MR) is 67.1 cm³/mol. The van der Waals surface area contributed by atoms with Gasteiger partial charge in [0.15, 0.2) is 0 Å². The SMILES string of the molecule is CC1CCC(C2(CN)CCC(O)CC2)CC1. The van der Waals surface area contributed by atoms with E-state index >= 15 is 0 Å².